The number of halogens is 2. The van der Waals surface area contributed by atoms with E-state index in [1.165, 1.54) is 11.1 Å². The lowest BCUT2D eigenvalue weighted by atomic mass is 10.1. The van der Waals surface area contributed by atoms with Crippen LogP contribution in [0.1, 0.15) is 11.1 Å². The minimum atomic E-state index is 0.488. The van der Waals surface area contributed by atoms with E-state index in [-0.39, 0.29) is 0 Å². The average molecular weight is 312 g/mol. The lowest BCUT2D eigenvalue weighted by Crippen LogP contribution is -1.98. The molecule has 88 valence electrons. The highest BCUT2D eigenvalue weighted by Crippen LogP contribution is 2.27. The van der Waals surface area contributed by atoms with Gasteiger partial charge in [0.15, 0.2) is 0 Å². The Labute approximate surface area is 114 Å². The van der Waals surface area contributed by atoms with Crippen molar-refractivity contribution in [1.82, 2.24) is 4.98 Å². The number of hydrogen-bond donors (Lipinski definition) is 1. The van der Waals surface area contributed by atoms with Crippen LogP contribution in [-0.2, 0) is 0 Å². The Morgan fingerprint density at radius 2 is 1.82 bits per heavy atom. The molecule has 1 aromatic carbocycles. The van der Waals surface area contributed by atoms with Gasteiger partial charge in [-0.05, 0) is 49.2 Å². The predicted molar refractivity (Wildman–Crippen MR) is 76.1 cm³/mol. The fraction of sp³-hybridized carbons (Fsp3) is 0.154. The molecule has 0 spiro atoms. The number of aryl methyl sites for hydroxylation is 2. The van der Waals surface area contributed by atoms with Crippen LogP contribution in [-0.4, -0.2) is 4.98 Å². The Balaban J connectivity index is 2.36. The van der Waals surface area contributed by atoms with Crippen LogP contribution < -0.4 is 5.32 Å². The van der Waals surface area contributed by atoms with E-state index in [4.69, 9.17) is 11.6 Å². The van der Waals surface area contributed by atoms with Gasteiger partial charge in [0.05, 0.1) is 0 Å². The predicted octanol–water partition coefficient (Wildman–Crippen LogP) is 4.86. The van der Waals surface area contributed by atoms with E-state index in [1.54, 1.807) is 6.07 Å². The van der Waals surface area contributed by atoms with E-state index >= 15 is 0 Å². The number of nitrogens with zero attached hydrogens (tertiary/aromatic N) is 1. The van der Waals surface area contributed by atoms with E-state index < -0.39 is 0 Å². The molecule has 2 nitrogen and oxygen atoms in total. The minimum Gasteiger partial charge on any atom is -0.340 e. The third-order valence-corrected chi connectivity index (χ3v) is 3.13. The maximum Gasteiger partial charge on any atom is 0.132 e. The Hall–Kier alpha value is -1.06. The number of benzene rings is 1. The van der Waals surface area contributed by atoms with Crippen molar-refractivity contribution >= 4 is 39.0 Å². The summed E-state index contributed by atoms with van der Waals surface area (Å²) in [7, 11) is 0. The van der Waals surface area contributed by atoms with Crippen LogP contribution in [0.5, 0.6) is 0 Å². The number of anilines is 2. The van der Waals surface area contributed by atoms with Gasteiger partial charge in [0, 0.05) is 10.2 Å². The first kappa shape index (κ1) is 12.4. The van der Waals surface area contributed by atoms with Crippen LogP contribution in [0.3, 0.4) is 0 Å². The third kappa shape index (κ3) is 2.99. The van der Waals surface area contributed by atoms with Crippen LogP contribution in [0.15, 0.2) is 34.8 Å². The number of nitrogens with one attached hydrogen (secondary N) is 1. The van der Waals surface area contributed by atoms with E-state index in [1.807, 2.05) is 12.1 Å². The molecule has 1 N–H and O–H groups in total. The van der Waals surface area contributed by atoms with Crippen molar-refractivity contribution in [2.75, 3.05) is 5.32 Å². The van der Waals surface area contributed by atoms with Gasteiger partial charge in [-0.1, -0.05) is 33.6 Å². The fourth-order valence-corrected chi connectivity index (χ4v) is 2.56. The van der Waals surface area contributed by atoms with Crippen molar-refractivity contribution in [1.29, 1.82) is 0 Å². The summed E-state index contributed by atoms with van der Waals surface area (Å²) in [5.41, 5.74) is 3.40. The maximum atomic E-state index is 5.86. The molecule has 0 aliphatic heterocycles. The Morgan fingerprint density at radius 1 is 1.18 bits per heavy atom. The summed E-state index contributed by atoms with van der Waals surface area (Å²) in [5.74, 6) is 0.756. The summed E-state index contributed by atoms with van der Waals surface area (Å²) >= 11 is 9.34. The van der Waals surface area contributed by atoms with Gasteiger partial charge in [0.2, 0.25) is 0 Å². The van der Waals surface area contributed by atoms with Gasteiger partial charge in [0.1, 0.15) is 11.0 Å². The highest BCUT2D eigenvalue weighted by Gasteiger charge is 2.05. The van der Waals surface area contributed by atoms with Gasteiger partial charge in [-0.15, -0.1) is 0 Å². The molecule has 2 rings (SSSR count). The molecule has 0 aliphatic carbocycles. The topological polar surface area (TPSA) is 24.9 Å². The monoisotopic (exact) mass is 310 g/mol. The SMILES string of the molecule is Cc1cc(Br)cc(C)c1Nc1cccc(Cl)n1. The molecule has 17 heavy (non-hydrogen) atoms. The molecule has 0 radical (unpaired) electrons. The first-order valence-electron chi connectivity index (χ1n) is 5.22. The van der Waals surface area contributed by atoms with Gasteiger partial charge in [-0.2, -0.15) is 0 Å². The van der Waals surface area contributed by atoms with Gasteiger partial charge in [-0.3, -0.25) is 0 Å². The lowest BCUT2D eigenvalue weighted by molar-refractivity contribution is 1.27. The zero-order valence-electron chi connectivity index (χ0n) is 9.59. The zero-order chi connectivity index (χ0) is 12.4. The average Bonchev–Trinajstić information content (AvgIpc) is 2.23. The lowest BCUT2D eigenvalue weighted by Gasteiger charge is -2.12. The Bertz CT molecular complexity index is 532. The quantitative estimate of drug-likeness (QED) is 0.801. The van der Waals surface area contributed by atoms with Crippen molar-refractivity contribution in [2.45, 2.75) is 13.8 Å². The molecule has 0 aliphatic rings. The first-order chi connectivity index (χ1) is 8.06. The number of rotatable bonds is 2. The van der Waals surface area contributed by atoms with E-state index in [9.17, 15) is 0 Å². The minimum absolute atomic E-state index is 0.488. The summed E-state index contributed by atoms with van der Waals surface area (Å²) in [6.07, 6.45) is 0. The van der Waals surface area contributed by atoms with Gasteiger partial charge < -0.3 is 5.32 Å². The van der Waals surface area contributed by atoms with Gasteiger partial charge >= 0.3 is 0 Å². The number of aromatic nitrogens is 1. The molecule has 0 saturated carbocycles. The van der Waals surface area contributed by atoms with Crippen molar-refractivity contribution in [3.8, 4) is 0 Å². The molecule has 1 heterocycles. The second-order valence-corrected chi connectivity index (χ2v) is 5.19. The third-order valence-electron chi connectivity index (χ3n) is 2.47. The Morgan fingerprint density at radius 3 is 2.41 bits per heavy atom. The van der Waals surface area contributed by atoms with Gasteiger partial charge in [-0.25, -0.2) is 4.98 Å². The molecule has 0 amide bonds. The summed E-state index contributed by atoms with van der Waals surface area (Å²) in [5, 5.41) is 3.78. The molecule has 4 heteroatoms. The maximum absolute atomic E-state index is 5.86. The Kier molecular flexibility index (Phi) is 3.69. The van der Waals surface area contributed by atoms with Crippen molar-refractivity contribution < 1.29 is 0 Å². The second kappa shape index (κ2) is 5.07. The van der Waals surface area contributed by atoms with E-state index in [2.05, 4.69) is 52.2 Å². The second-order valence-electron chi connectivity index (χ2n) is 3.89. The molecule has 2 aromatic rings. The van der Waals surface area contributed by atoms with E-state index in [0.717, 1.165) is 16.0 Å². The molecular formula is C13H12BrClN2. The van der Waals surface area contributed by atoms with E-state index in [0.29, 0.717) is 5.15 Å². The van der Waals surface area contributed by atoms with Crippen molar-refractivity contribution in [3.05, 3.63) is 51.1 Å². The summed E-state index contributed by atoms with van der Waals surface area (Å²) in [6, 6.07) is 9.67. The molecule has 0 saturated heterocycles. The van der Waals surface area contributed by atoms with Crippen LogP contribution in [0, 0.1) is 13.8 Å². The number of hydrogen-bond acceptors (Lipinski definition) is 2. The number of pyridine rings is 1. The van der Waals surface area contributed by atoms with Crippen LogP contribution in [0.2, 0.25) is 5.15 Å². The fourth-order valence-electron chi connectivity index (χ4n) is 1.71. The molecular weight excluding hydrogens is 300 g/mol. The highest BCUT2D eigenvalue weighted by molar-refractivity contribution is 9.10. The van der Waals surface area contributed by atoms with Crippen LogP contribution in [0.4, 0.5) is 11.5 Å². The molecule has 0 fully saturated rings. The summed E-state index contributed by atoms with van der Waals surface area (Å²) < 4.78 is 1.08. The zero-order valence-corrected chi connectivity index (χ0v) is 11.9. The molecule has 0 unspecified atom stereocenters. The highest BCUT2D eigenvalue weighted by atomic mass is 79.9. The standard InChI is InChI=1S/C13H12BrClN2/c1-8-6-10(14)7-9(2)13(8)17-12-5-3-4-11(15)16-12/h3-7H,1-2H3,(H,16,17). The normalized spacial score (nSPS) is 10.4. The smallest absolute Gasteiger partial charge is 0.132 e. The van der Waals surface area contributed by atoms with Crippen molar-refractivity contribution in [3.63, 3.8) is 0 Å². The summed E-state index contributed by atoms with van der Waals surface area (Å²) in [4.78, 5) is 4.22. The largest absolute Gasteiger partial charge is 0.340 e. The molecule has 0 atom stereocenters. The van der Waals surface area contributed by atoms with Crippen LogP contribution in [0.25, 0.3) is 0 Å². The first-order valence-corrected chi connectivity index (χ1v) is 6.39. The van der Waals surface area contributed by atoms with Crippen molar-refractivity contribution in [2.24, 2.45) is 0 Å². The van der Waals surface area contributed by atoms with Gasteiger partial charge in [0.25, 0.3) is 0 Å². The summed E-state index contributed by atoms with van der Waals surface area (Å²) in [6.45, 7) is 4.12. The van der Waals surface area contributed by atoms with Crippen LogP contribution >= 0.6 is 27.5 Å². The molecule has 0 bridgehead atoms. The molecule has 1 aromatic heterocycles.